The van der Waals surface area contributed by atoms with Gasteiger partial charge in [0.15, 0.2) is 0 Å². The number of anilines is 2. The van der Waals surface area contributed by atoms with Crippen LogP contribution in [0.3, 0.4) is 0 Å². The van der Waals surface area contributed by atoms with Crippen molar-refractivity contribution < 1.29 is 23.2 Å². The van der Waals surface area contributed by atoms with E-state index in [0.717, 1.165) is 19.4 Å². The topological polar surface area (TPSA) is 84.7 Å². The molecule has 1 N–H and O–H groups in total. The molecule has 1 amide bonds. The first kappa shape index (κ1) is 20.5. The lowest BCUT2D eigenvalue weighted by atomic mass is 9.99. The number of nitro groups is 1. The Morgan fingerprint density at radius 3 is 2.76 bits per heavy atom. The molecule has 2 aromatic carbocycles. The van der Waals surface area contributed by atoms with Crippen LogP contribution in [0.2, 0.25) is 0 Å². The number of halogens is 2. The molecule has 154 valence electrons. The number of piperidine rings is 1. The Labute approximate surface area is 166 Å². The smallest absolute Gasteiger partial charge is 0.387 e. The van der Waals surface area contributed by atoms with Gasteiger partial charge in [0.1, 0.15) is 11.4 Å². The fraction of sp³-hybridized carbons (Fsp3) is 0.350. The molecule has 0 aromatic heterocycles. The van der Waals surface area contributed by atoms with E-state index in [9.17, 15) is 23.7 Å². The molecular formula is C20H21F2N3O4. The highest BCUT2D eigenvalue weighted by atomic mass is 19.3. The van der Waals surface area contributed by atoms with E-state index < -0.39 is 17.4 Å². The number of nitrogens with zero attached hydrogens (tertiary/aromatic N) is 2. The molecular weight excluding hydrogens is 384 g/mol. The van der Waals surface area contributed by atoms with Gasteiger partial charge < -0.3 is 15.0 Å². The second kappa shape index (κ2) is 8.85. The highest BCUT2D eigenvalue weighted by molar-refractivity contribution is 6.05. The van der Waals surface area contributed by atoms with Gasteiger partial charge in [0.2, 0.25) is 0 Å². The molecule has 2 aromatic rings. The average molecular weight is 405 g/mol. The maximum absolute atomic E-state index is 12.6. The summed E-state index contributed by atoms with van der Waals surface area (Å²) in [6.07, 6.45) is 2.02. The summed E-state index contributed by atoms with van der Waals surface area (Å²) in [4.78, 5) is 25.6. The third kappa shape index (κ3) is 4.98. The van der Waals surface area contributed by atoms with E-state index in [-0.39, 0.29) is 22.7 Å². The number of benzene rings is 2. The number of nitrogens with one attached hydrogen (secondary N) is 1. The van der Waals surface area contributed by atoms with Gasteiger partial charge >= 0.3 is 6.61 Å². The van der Waals surface area contributed by atoms with Gasteiger partial charge in [0.25, 0.3) is 11.6 Å². The van der Waals surface area contributed by atoms with E-state index in [2.05, 4.69) is 17.0 Å². The van der Waals surface area contributed by atoms with Gasteiger partial charge in [-0.1, -0.05) is 19.1 Å². The van der Waals surface area contributed by atoms with E-state index in [1.165, 1.54) is 30.3 Å². The monoisotopic (exact) mass is 405 g/mol. The Balaban J connectivity index is 1.85. The van der Waals surface area contributed by atoms with Crippen LogP contribution in [0.5, 0.6) is 5.75 Å². The van der Waals surface area contributed by atoms with E-state index in [0.29, 0.717) is 18.2 Å². The molecule has 0 aliphatic carbocycles. The predicted molar refractivity (Wildman–Crippen MR) is 105 cm³/mol. The third-order valence-corrected chi connectivity index (χ3v) is 4.78. The van der Waals surface area contributed by atoms with Gasteiger partial charge in [-0.15, -0.1) is 0 Å². The lowest BCUT2D eigenvalue weighted by molar-refractivity contribution is -0.384. The number of nitro benzene ring substituents is 1. The number of amides is 1. The number of hydrogen-bond acceptors (Lipinski definition) is 5. The largest absolute Gasteiger partial charge is 0.433 e. The molecule has 1 heterocycles. The lowest BCUT2D eigenvalue weighted by Crippen LogP contribution is -2.34. The summed E-state index contributed by atoms with van der Waals surface area (Å²) in [7, 11) is 0. The molecule has 3 rings (SSSR count). The summed E-state index contributed by atoms with van der Waals surface area (Å²) >= 11 is 0. The molecule has 1 fully saturated rings. The number of carbonyl (C=O) groups is 1. The molecule has 1 aliphatic heterocycles. The maximum atomic E-state index is 12.6. The van der Waals surface area contributed by atoms with Crippen LogP contribution in [-0.4, -0.2) is 30.5 Å². The molecule has 0 saturated carbocycles. The summed E-state index contributed by atoms with van der Waals surface area (Å²) < 4.78 is 29.5. The summed E-state index contributed by atoms with van der Waals surface area (Å²) in [5, 5.41) is 14.1. The minimum absolute atomic E-state index is 0.0504. The van der Waals surface area contributed by atoms with E-state index in [1.807, 2.05) is 4.90 Å². The van der Waals surface area contributed by atoms with Crippen molar-refractivity contribution >= 4 is 23.0 Å². The normalized spacial score (nSPS) is 16.6. The van der Waals surface area contributed by atoms with Gasteiger partial charge in [-0.2, -0.15) is 8.78 Å². The first-order chi connectivity index (χ1) is 13.8. The Hall–Kier alpha value is -3.23. The van der Waals surface area contributed by atoms with Crippen molar-refractivity contribution in [2.45, 2.75) is 26.4 Å². The zero-order valence-corrected chi connectivity index (χ0v) is 15.8. The van der Waals surface area contributed by atoms with Crippen LogP contribution in [0.4, 0.5) is 25.8 Å². The van der Waals surface area contributed by atoms with Gasteiger partial charge in [0, 0.05) is 24.7 Å². The van der Waals surface area contributed by atoms with Crippen LogP contribution in [0.1, 0.15) is 30.1 Å². The summed E-state index contributed by atoms with van der Waals surface area (Å²) in [6.45, 7) is 0.485. The summed E-state index contributed by atoms with van der Waals surface area (Å²) in [6, 6.07) is 10.0. The van der Waals surface area contributed by atoms with Crippen molar-refractivity contribution in [2.24, 2.45) is 5.92 Å². The molecule has 9 heteroatoms. The average Bonchev–Trinajstić information content (AvgIpc) is 2.68. The van der Waals surface area contributed by atoms with E-state index in [4.69, 9.17) is 0 Å². The molecule has 0 radical (unpaired) electrons. The van der Waals surface area contributed by atoms with Crippen molar-refractivity contribution in [1.29, 1.82) is 0 Å². The molecule has 7 nitrogen and oxygen atoms in total. The van der Waals surface area contributed by atoms with Crippen LogP contribution >= 0.6 is 0 Å². The molecule has 0 bridgehead atoms. The molecule has 1 aliphatic rings. The van der Waals surface area contributed by atoms with E-state index >= 15 is 0 Å². The second-order valence-electron chi connectivity index (χ2n) is 6.98. The highest BCUT2D eigenvalue weighted by Crippen LogP contribution is 2.33. The standard InChI is InChI=1S/C20H21F2N3O4/c1-13-5-4-10-24(12-13)16-9-8-14(11-17(16)25(27)28)19(26)23-15-6-2-3-7-18(15)29-20(21)22/h2-3,6-9,11,13,20H,4-5,10,12H2,1H3,(H,23,26)/t13-/m1/s1. The fourth-order valence-electron chi connectivity index (χ4n) is 3.45. The minimum Gasteiger partial charge on any atom is -0.433 e. The predicted octanol–water partition coefficient (Wildman–Crippen LogP) is 4.68. The molecule has 1 atom stereocenters. The number of ether oxygens (including phenoxy) is 1. The number of hydrogen-bond donors (Lipinski definition) is 1. The number of alkyl halides is 2. The number of carbonyl (C=O) groups excluding carboxylic acids is 1. The SMILES string of the molecule is C[C@@H]1CCCN(c2ccc(C(=O)Nc3ccccc3OC(F)F)cc2[N+](=O)[O-])C1. The Morgan fingerprint density at radius 1 is 1.31 bits per heavy atom. The maximum Gasteiger partial charge on any atom is 0.387 e. The lowest BCUT2D eigenvalue weighted by Gasteiger charge is -2.32. The van der Waals surface area contributed by atoms with Crippen LogP contribution in [-0.2, 0) is 0 Å². The fourth-order valence-corrected chi connectivity index (χ4v) is 3.45. The summed E-state index contributed by atoms with van der Waals surface area (Å²) in [5.74, 6) is -0.418. The van der Waals surface area contributed by atoms with Gasteiger partial charge in [-0.25, -0.2) is 0 Å². The Bertz CT molecular complexity index is 907. The Kier molecular flexibility index (Phi) is 6.26. The van der Waals surface area contributed by atoms with Crippen molar-refractivity contribution in [3.63, 3.8) is 0 Å². The quantitative estimate of drug-likeness (QED) is 0.557. The highest BCUT2D eigenvalue weighted by Gasteiger charge is 2.25. The second-order valence-corrected chi connectivity index (χ2v) is 6.98. The van der Waals surface area contributed by atoms with Crippen molar-refractivity contribution in [3.05, 3.63) is 58.1 Å². The van der Waals surface area contributed by atoms with Crippen LogP contribution in [0, 0.1) is 16.0 Å². The van der Waals surface area contributed by atoms with Crippen LogP contribution in [0.15, 0.2) is 42.5 Å². The molecule has 29 heavy (non-hydrogen) atoms. The molecule has 1 saturated heterocycles. The number of para-hydroxylation sites is 2. The van der Waals surface area contributed by atoms with Gasteiger partial charge in [-0.05, 0) is 43.0 Å². The number of rotatable bonds is 6. The third-order valence-electron chi connectivity index (χ3n) is 4.78. The van der Waals surface area contributed by atoms with Crippen LogP contribution < -0.4 is 15.0 Å². The van der Waals surface area contributed by atoms with E-state index in [1.54, 1.807) is 12.1 Å². The Morgan fingerprint density at radius 2 is 2.07 bits per heavy atom. The first-order valence-corrected chi connectivity index (χ1v) is 9.23. The van der Waals surface area contributed by atoms with Crippen molar-refractivity contribution in [2.75, 3.05) is 23.3 Å². The van der Waals surface area contributed by atoms with Gasteiger partial charge in [0.05, 0.1) is 10.6 Å². The van der Waals surface area contributed by atoms with Crippen molar-refractivity contribution in [1.82, 2.24) is 0 Å². The zero-order valence-electron chi connectivity index (χ0n) is 15.8. The summed E-state index contributed by atoms with van der Waals surface area (Å²) in [5.41, 5.74) is 0.412. The first-order valence-electron chi connectivity index (χ1n) is 9.23. The zero-order chi connectivity index (χ0) is 21.0. The molecule has 0 spiro atoms. The van der Waals surface area contributed by atoms with Crippen LogP contribution in [0.25, 0.3) is 0 Å². The van der Waals surface area contributed by atoms with Crippen molar-refractivity contribution in [3.8, 4) is 5.75 Å². The minimum atomic E-state index is -3.04. The molecule has 0 unspecified atom stereocenters. The van der Waals surface area contributed by atoms with Gasteiger partial charge in [-0.3, -0.25) is 14.9 Å².